The number of carbonyl (C=O) groups is 1. The van der Waals surface area contributed by atoms with Gasteiger partial charge in [-0.05, 0) is 44.1 Å². The van der Waals surface area contributed by atoms with Crippen LogP contribution in [-0.2, 0) is 24.0 Å². The van der Waals surface area contributed by atoms with Crippen molar-refractivity contribution in [2.75, 3.05) is 6.61 Å². The third kappa shape index (κ3) is 3.79. The van der Waals surface area contributed by atoms with Crippen molar-refractivity contribution in [1.29, 1.82) is 0 Å². The van der Waals surface area contributed by atoms with Gasteiger partial charge in [-0.25, -0.2) is 12.7 Å². The first-order valence-corrected chi connectivity index (χ1v) is 14.8. The van der Waals surface area contributed by atoms with Gasteiger partial charge in [-0.1, -0.05) is 50.6 Å². The summed E-state index contributed by atoms with van der Waals surface area (Å²) in [4.78, 5) is 13.6. The summed E-state index contributed by atoms with van der Waals surface area (Å²) in [5, 5.41) is -0.0752. The van der Waals surface area contributed by atoms with Crippen molar-refractivity contribution in [3.8, 4) is 0 Å². The van der Waals surface area contributed by atoms with E-state index in [1.807, 2.05) is 13.8 Å². The molecule has 8 heteroatoms. The average molecular weight is 452 g/mol. The summed E-state index contributed by atoms with van der Waals surface area (Å²) in [6.45, 7) is 14.8. The molecule has 0 radical (unpaired) electrons. The maximum absolute atomic E-state index is 13.5. The van der Waals surface area contributed by atoms with Crippen molar-refractivity contribution in [2.24, 2.45) is 5.92 Å². The molecule has 4 rings (SSSR count). The molecule has 0 spiro atoms. The number of piperidine rings is 1. The predicted octanol–water partition coefficient (Wildman–Crippen LogP) is 4.23. The van der Waals surface area contributed by atoms with E-state index < -0.39 is 42.0 Å². The van der Waals surface area contributed by atoms with Gasteiger partial charge in [-0.3, -0.25) is 4.79 Å². The number of sulfonamides is 1. The quantitative estimate of drug-likeness (QED) is 0.368. The summed E-state index contributed by atoms with van der Waals surface area (Å²) in [6, 6.07) is 5.93. The summed E-state index contributed by atoms with van der Waals surface area (Å²) in [5.74, 6) is -2.41. The lowest BCUT2D eigenvalue weighted by Gasteiger charge is -2.54. The molecule has 1 aromatic carbocycles. The third-order valence-corrected chi connectivity index (χ3v) is 12.8. The number of fused-ring (bicyclic) bond motifs is 2. The van der Waals surface area contributed by atoms with Crippen LogP contribution in [-0.4, -0.2) is 45.4 Å². The van der Waals surface area contributed by atoms with Gasteiger partial charge in [0.25, 0.3) is 10.0 Å². The number of amides is 1. The second-order valence-corrected chi connectivity index (χ2v) is 16.2. The second kappa shape index (κ2) is 7.58. The first-order valence-electron chi connectivity index (χ1n) is 10.4. The first-order chi connectivity index (χ1) is 13.7. The zero-order valence-corrected chi connectivity index (χ0v) is 20.7. The molecule has 1 fully saturated rings. The molecule has 3 unspecified atom stereocenters. The fraction of sp³-hybridized carbons (Fsp3) is 0.591. The van der Waals surface area contributed by atoms with Crippen LogP contribution in [0.1, 0.15) is 39.7 Å². The lowest BCUT2D eigenvalue weighted by Crippen LogP contribution is -2.67. The SMILES string of the molecule is CCOC1(O[Si](C)(C)C(C)(C)C)CC2C=CC1C(=O)N2S(=O)(=O)c1ccc(C)cc1. The van der Waals surface area contributed by atoms with Crippen LogP contribution >= 0.6 is 0 Å². The molecule has 2 heterocycles. The van der Waals surface area contributed by atoms with Crippen LogP contribution in [0, 0.1) is 12.8 Å². The van der Waals surface area contributed by atoms with Crippen LogP contribution in [0.4, 0.5) is 0 Å². The molecular weight excluding hydrogens is 418 g/mol. The number of ether oxygens (including phenoxy) is 1. The largest absolute Gasteiger partial charge is 0.389 e. The summed E-state index contributed by atoms with van der Waals surface area (Å²) in [7, 11) is -6.25. The molecule has 1 aromatic rings. The fourth-order valence-corrected chi connectivity index (χ4v) is 6.84. The molecular formula is C22H33NO5SSi. The molecule has 1 amide bonds. The van der Waals surface area contributed by atoms with Crippen molar-refractivity contribution < 1.29 is 22.4 Å². The molecule has 166 valence electrons. The molecule has 1 saturated heterocycles. The Kier molecular flexibility index (Phi) is 5.86. The van der Waals surface area contributed by atoms with Gasteiger partial charge < -0.3 is 9.16 Å². The van der Waals surface area contributed by atoms with Gasteiger partial charge in [0, 0.05) is 13.0 Å². The second-order valence-electron chi connectivity index (χ2n) is 9.69. The number of aryl methyl sites for hydroxylation is 1. The Morgan fingerprint density at radius 2 is 1.77 bits per heavy atom. The normalized spacial score (nSPS) is 27.0. The Labute approximate surface area is 181 Å². The number of hydrogen-bond acceptors (Lipinski definition) is 5. The van der Waals surface area contributed by atoms with Gasteiger partial charge in [-0.2, -0.15) is 0 Å². The van der Waals surface area contributed by atoms with Gasteiger partial charge in [0.1, 0.15) is 5.92 Å². The van der Waals surface area contributed by atoms with Crippen LogP contribution in [0.15, 0.2) is 41.3 Å². The lowest BCUT2D eigenvalue weighted by molar-refractivity contribution is -0.235. The Morgan fingerprint density at radius 1 is 1.17 bits per heavy atom. The molecule has 0 N–H and O–H groups in total. The van der Waals surface area contributed by atoms with Crippen molar-refractivity contribution >= 4 is 24.2 Å². The topological polar surface area (TPSA) is 72.9 Å². The number of benzene rings is 1. The van der Waals surface area contributed by atoms with E-state index in [9.17, 15) is 13.2 Å². The first kappa shape index (κ1) is 23.2. The number of rotatable bonds is 6. The van der Waals surface area contributed by atoms with Crippen molar-refractivity contribution in [3.05, 3.63) is 42.0 Å². The maximum atomic E-state index is 13.5. The van der Waals surface area contributed by atoms with E-state index in [1.165, 1.54) is 0 Å². The molecule has 0 saturated carbocycles. The standard InChI is InChI=1S/C22H33NO5SSi/c1-8-27-22(28-30(6,7)21(3,4)5)15-17-11-14-19(22)20(24)23(17)29(25,26)18-12-9-16(2)10-13-18/h9-14,17,19H,8,15H2,1-7H3. The third-order valence-electron chi connectivity index (χ3n) is 6.48. The highest BCUT2D eigenvalue weighted by Crippen LogP contribution is 2.49. The fourth-order valence-electron chi connectivity index (χ4n) is 3.84. The molecule has 3 aliphatic rings. The number of hydrogen-bond donors (Lipinski definition) is 0. The molecule has 2 bridgehead atoms. The Morgan fingerprint density at radius 3 is 2.27 bits per heavy atom. The minimum atomic E-state index is -3.96. The summed E-state index contributed by atoms with van der Waals surface area (Å²) >= 11 is 0. The van der Waals surface area contributed by atoms with Crippen LogP contribution in [0.2, 0.25) is 18.1 Å². The van der Waals surface area contributed by atoms with E-state index in [2.05, 4.69) is 33.9 Å². The van der Waals surface area contributed by atoms with E-state index in [0.717, 1.165) is 9.87 Å². The van der Waals surface area contributed by atoms with E-state index in [1.54, 1.807) is 36.4 Å². The minimum absolute atomic E-state index is 0.0752. The smallest absolute Gasteiger partial charge is 0.267 e. The molecule has 6 nitrogen and oxygen atoms in total. The highest BCUT2D eigenvalue weighted by Gasteiger charge is 2.60. The Hall–Kier alpha value is -1.48. The predicted molar refractivity (Wildman–Crippen MR) is 119 cm³/mol. The molecule has 1 aliphatic carbocycles. The lowest BCUT2D eigenvalue weighted by atomic mass is 9.81. The molecule has 2 aliphatic heterocycles. The van der Waals surface area contributed by atoms with Gasteiger partial charge in [0.15, 0.2) is 14.1 Å². The molecule has 3 atom stereocenters. The molecule has 30 heavy (non-hydrogen) atoms. The average Bonchev–Trinajstić information content (AvgIpc) is 2.60. The molecule has 0 aromatic heterocycles. The summed E-state index contributed by atoms with van der Waals surface area (Å²) in [5.41, 5.74) is 0.957. The maximum Gasteiger partial charge on any atom is 0.267 e. The van der Waals surface area contributed by atoms with E-state index in [0.29, 0.717) is 13.0 Å². The van der Waals surface area contributed by atoms with E-state index >= 15 is 0 Å². The zero-order chi connectivity index (χ0) is 22.5. The summed E-state index contributed by atoms with van der Waals surface area (Å²) < 4.78 is 40.4. The zero-order valence-electron chi connectivity index (χ0n) is 18.9. The van der Waals surface area contributed by atoms with Gasteiger partial charge in [0.05, 0.1) is 10.9 Å². The van der Waals surface area contributed by atoms with Gasteiger partial charge >= 0.3 is 0 Å². The van der Waals surface area contributed by atoms with Gasteiger partial charge in [0.2, 0.25) is 5.91 Å². The van der Waals surface area contributed by atoms with Gasteiger partial charge in [-0.15, -0.1) is 0 Å². The monoisotopic (exact) mass is 451 g/mol. The van der Waals surface area contributed by atoms with E-state index in [-0.39, 0.29) is 9.93 Å². The van der Waals surface area contributed by atoms with Crippen molar-refractivity contribution in [3.63, 3.8) is 0 Å². The van der Waals surface area contributed by atoms with Crippen molar-refractivity contribution in [2.45, 2.75) is 75.9 Å². The Bertz CT molecular complexity index is 949. The van der Waals surface area contributed by atoms with Crippen LogP contribution in [0.5, 0.6) is 0 Å². The highest BCUT2D eigenvalue weighted by atomic mass is 32.2. The summed E-state index contributed by atoms with van der Waals surface area (Å²) in [6.07, 6.45) is 3.86. The number of nitrogens with zero attached hydrogens (tertiary/aromatic N) is 1. The minimum Gasteiger partial charge on any atom is -0.389 e. The highest BCUT2D eigenvalue weighted by molar-refractivity contribution is 7.89. The van der Waals surface area contributed by atoms with Crippen molar-refractivity contribution in [1.82, 2.24) is 4.31 Å². The van der Waals surface area contributed by atoms with E-state index in [4.69, 9.17) is 9.16 Å². The Balaban J connectivity index is 2.00. The van der Waals surface area contributed by atoms with Crippen LogP contribution in [0.3, 0.4) is 0 Å². The van der Waals surface area contributed by atoms with Crippen LogP contribution < -0.4 is 0 Å². The number of carbonyl (C=O) groups excluding carboxylic acids is 1. The van der Waals surface area contributed by atoms with Crippen LogP contribution in [0.25, 0.3) is 0 Å².